The monoisotopic (exact) mass is 416 g/mol. The van der Waals surface area contributed by atoms with Crippen LogP contribution in [0.25, 0.3) is 12.2 Å². The molecule has 0 bridgehead atoms. The molecule has 2 aromatic carbocycles. The summed E-state index contributed by atoms with van der Waals surface area (Å²) in [6.45, 7) is 1.10. The quantitative estimate of drug-likeness (QED) is 0.458. The first-order valence-corrected chi connectivity index (χ1v) is 9.71. The lowest BCUT2D eigenvalue weighted by Gasteiger charge is -2.04. The lowest BCUT2D eigenvalue weighted by Crippen LogP contribution is -2.25. The second-order valence-electron chi connectivity index (χ2n) is 6.07. The maximum absolute atomic E-state index is 11.8. The average molecular weight is 417 g/mol. The Kier molecular flexibility index (Phi) is 9.32. The number of unbranched alkanes of at least 4 members (excludes halogenated alkanes) is 1. The van der Waals surface area contributed by atoms with Crippen LogP contribution in [0.5, 0.6) is 0 Å². The second kappa shape index (κ2) is 12.0. The van der Waals surface area contributed by atoms with Gasteiger partial charge in [-0.25, -0.2) is 0 Å². The molecule has 0 radical (unpaired) electrons. The Labute approximate surface area is 175 Å². The highest BCUT2D eigenvalue weighted by molar-refractivity contribution is 6.31. The average Bonchev–Trinajstić information content (AvgIpc) is 2.67. The van der Waals surface area contributed by atoms with Crippen molar-refractivity contribution in [3.63, 3.8) is 0 Å². The van der Waals surface area contributed by atoms with E-state index in [1.807, 2.05) is 24.3 Å². The normalized spacial score (nSPS) is 11.1. The Balaban J connectivity index is 1.57. The molecule has 0 heterocycles. The maximum Gasteiger partial charge on any atom is 0.243 e. The Morgan fingerprint density at radius 2 is 1.18 bits per heavy atom. The molecule has 2 N–H and O–H groups in total. The Morgan fingerprint density at radius 3 is 1.57 bits per heavy atom. The van der Waals surface area contributed by atoms with Gasteiger partial charge in [0.05, 0.1) is 0 Å². The molecule has 2 amide bonds. The van der Waals surface area contributed by atoms with Gasteiger partial charge in [-0.1, -0.05) is 47.5 Å². The summed E-state index contributed by atoms with van der Waals surface area (Å²) in [6.07, 6.45) is 7.94. The molecule has 0 saturated heterocycles. The third kappa shape index (κ3) is 8.89. The SMILES string of the molecule is O=C(C=Cc1cccc(Cl)c1)NCCCCNC(=O)C=Cc1cccc(Cl)c1. The summed E-state index contributed by atoms with van der Waals surface area (Å²) in [5.74, 6) is -0.318. The molecule has 0 aliphatic carbocycles. The van der Waals surface area contributed by atoms with Gasteiger partial charge in [0, 0.05) is 35.3 Å². The fourth-order valence-corrected chi connectivity index (χ4v) is 2.75. The summed E-state index contributed by atoms with van der Waals surface area (Å²) < 4.78 is 0. The number of halogens is 2. The van der Waals surface area contributed by atoms with E-state index in [1.165, 1.54) is 12.2 Å². The highest BCUT2D eigenvalue weighted by Crippen LogP contribution is 2.12. The van der Waals surface area contributed by atoms with Crippen LogP contribution < -0.4 is 10.6 Å². The number of benzene rings is 2. The first-order chi connectivity index (χ1) is 13.5. The Morgan fingerprint density at radius 1 is 0.750 bits per heavy atom. The minimum atomic E-state index is -0.159. The first-order valence-electron chi connectivity index (χ1n) is 8.96. The van der Waals surface area contributed by atoms with Crippen molar-refractivity contribution in [1.29, 1.82) is 0 Å². The predicted molar refractivity (Wildman–Crippen MR) is 116 cm³/mol. The fraction of sp³-hybridized carbons (Fsp3) is 0.182. The maximum atomic E-state index is 11.8. The van der Waals surface area contributed by atoms with Crippen molar-refractivity contribution in [3.8, 4) is 0 Å². The molecule has 0 fully saturated rings. The molecule has 146 valence electrons. The molecule has 0 saturated carbocycles. The zero-order valence-corrected chi connectivity index (χ0v) is 16.8. The molecule has 0 unspecified atom stereocenters. The van der Waals surface area contributed by atoms with Crippen LogP contribution in [-0.2, 0) is 9.59 Å². The third-order valence-electron chi connectivity index (χ3n) is 3.75. The van der Waals surface area contributed by atoms with Crippen LogP contribution in [0.15, 0.2) is 60.7 Å². The van der Waals surface area contributed by atoms with Gasteiger partial charge in [-0.2, -0.15) is 0 Å². The zero-order chi connectivity index (χ0) is 20.2. The second-order valence-corrected chi connectivity index (χ2v) is 6.94. The van der Waals surface area contributed by atoms with Crippen molar-refractivity contribution >= 4 is 47.2 Å². The molecule has 4 nitrogen and oxygen atoms in total. The van der Waals surface area contributed by atoms with Crippen LogP contribution in [0.1, 0.15) is 24.0 Å². The Bertz CT molecular complexity index is 792. The number of hydrogen-bond acceptors (Lipinski definition) is 2. The minimum absolute atomic E-state index is 0.159. The van der Waals surface area contributed by atoms with E-state index in [2.05, 4.69) is 10.6 Å². The van der Waals surface area contributed by atoms with Gasteiger partial charge in [-0.15, -0.1) is 0 Å². The van der Waals surface area contributed by atoms with Crippen LogP contribution >= 0.6 is 23.2 Å². The van der Waals surface area contributed by atoms with Gasteiger partial charge in [-0.3, -0.25) is 9.59 Å². The Hall–Kier alpha value is -2.56. The van der Waals surface area contributed by atoms with Gasteiger partial charge in [-0.05, 0) is 60.4 Å². The highest BCUT2D eigenvalue weighted by Gasteiger charge is 1.98. The first kappa shape index (κ1) is 21.7. The highest BCUT2D eigenvalue weighted by atomic mass is 35.5. The fourth-order valence-electron chi connectivity index (χ4n) is 2.36. The molecule has 0 spiro atoms. The number of amides is 2. The number of rotatable bonds is 9. The molecule has 2 aromatic rings. The van der Waals surface area contributed by atoms with Crippen molar-refractivity contribution in [3.05, 3.63) is 81.9 Å². The standard InChI is InChI=1S/C22H22Cl2N2O2/c23-19-7-3-5-17(15-19)9-11-21(27)25-13-1-2-14-26-22(28)12-10-18-6-4-8-20(24)16-18/h3-12,15-16H,1-2,13-14H2,(H,25,27)(H,26,28). The van der Waals surface area contributed by atoms with Gasteiger partial charge in [0.15, 0.2) is 0 Å². The van der Waals surface area contributed by atoms with Crippen molar-refractivity contribution in [1.82, 2.24) is 10.6 Å². The number of hydrogen-bond donors (Lipinski definition) is 2. The van der Waals surface area contributed by atoms with Crippen molar-refractivity contribution in [2.24, 2.45) is 0 Å². The van der Waals surface area contributed by atoms with Gasteiger partial charge in [0.25, 0.3) is 0 Å². The molecule has 2 rings (SSSR count). The predicted octanol–water partition coefficient (Wildman–Crippen LogP) is 4.73. The zero-order valence-electron chi connectivity index (χ0n) is 15.3. The summed E-state index contributed by atoms with van der Waals surface area (Å²) in [4.78, 5) is 23.5. The van der Waals surface area contributed by atoms with Gasteiger partial charge >= 0.3 is 0 Å². The molecule has 6 heteroatoms. The summed E-state index contributed by atoms with van der Waals surface area (Å²) in [6, 6.07) is 14.6. The largest absolute Gasteiger partial charge is 0.353 e. The molecule has 28 heavy (non-hydrogen) atoms. The van der Waals surface area contributed by atoms with Crippen molar-refractivity contribution in [2.45, 2.75) is 12.8 Å². The van der Waals surface area contributed by atoms with E-state index in [0.717, 1.165) is 24.0 Å². The van der Waals surface area contributed by atoms with E-state index in [4.69, 9.17) is 23.2 Å². The smallest absolute Gasteiger partial charge is 0.243 e. The van der Waals surface area contributed by atoms with E-state index < -0.39 is 0 Å². The van der Waals surface area contributed by atoms with E-state index in [0.29, 0.717) is 23.1 Å². The summed E-state index contributed by atoms with van der Waals surface area (Å²) in [5, 5.41) is 6.88. The summed E-state index contributed by atoms with van der Waals surface area (Å²) in [5.41, 5.74) is 1.74. The molecule has 0 aromatic heterocycles. The van der Waals surface area contributed by atoms with Crippen LogP contribution in [0.4, 0.5) is 0 Å². The topological polar surface area (TPSA) is 58.2 Å². The van der Waals surface area contributed by atoms with Crippen LogP contribution in [0, 0.1) is 0 Å². The van der Waals surface area contributed by atoms with E-state index in [1.54, 1.807) is 36.4 Å². The summed E-state index contributed by atoms with van der Waals surface area (Å²) >= 11 is 11.8. The molecular formula is C22H22Cl2N2O2. The van der Waals surface area contributed by atoms with E-state index in [9.17, 15) is 9.59 Å². The van der Waals surface area contributed by atoms with Gasteiger partial charge in [0.2, 0.25) is 11.8 Å². The van der Waals surface area contributed by atoms with Crippen molar-refractivity contribution in [2.75, 3.05) is 13.1 Å². The lowest BCUT2D eigenvalue weighted by atomic mass is 10.2. The van der Waals surface area contributed by atoms with E-state index >= 15 is 0 Å². The van der Waals surface area contributed by atoms with Crippen LogP contribution in [0.2, 0.25) is 10.0 Å². The minimum Gasteiger partial charge on any atom is -0.353 e. The van der Waals surface area contributed by atoms with Gasteiger partial charge in [0.1, 0.15) is 0 Å². The molecule has 0 atom stereocenters. The number of carbonyl (C=O) groups excluding carboxylic acids is 2. The van der Waals surface area contributed by atoms with Crippen LogP contribution in [-0.4, -0.2) is 24.9 Å². The lowest BCUT2D eigenvalue weighted by molar-refractivity contribution is -0.117. The number of nitrogens with one attached hydrogen (secondary N) is 2. The molecule has 0 aliphatic heterocycles. The van der Waals surface area contributed by atoms with Crippen LogP contribution in [0.3, 0.4) is 0 Å². The van der Waals surface area contributed by atoms with E-state index in [-0.39, 0.29) is 11.8 Å². The number of carbonyl (C=O) groups is 2. The third-order valence-corrected chi connectivity index (χ3v) is 4.22. The van der Waals surface area contributed by atoms with Crippen molar-refractivity contribution < 1.29 is 9.59 Å². The molecular weight excluding hydrogens is 395 g/mol. The van der Waals surface area contributed by atoms with Gasteiger partial charge < -0.3 is 10.6 Å². The summed E-state index contributed by atoms with van der Waals surface area (Å²) in [7, 11) is 0. The molecule has 0 aliphatic rings.